The normalized spacial score (nSPS) is 16.2. The largest absolute Gasteiger partial charge is 0.331 e. The van der Waals surface area contributed by atoms with E-state index in [-0.39, 0.29) is 5.91 Å². The number of amides is 1. The molecule has 3 heterocycles. The molecule has 0 unspecified atom stereocenters. The lowest BCUT2D eigenvalue weighted by Gasteiger charge is -2.13. The van der Waals surface area contributed by atoms with Gasteiger partial charge >= 0.3 is 0 Å². The van der Waals surface area contributed by atoms with Crippen LogP contribution in [0, 0.1) is 6.92 Å². The molecule has 2 aromatic heterocycles. The Morgan fingerprint density at radius 3 is 2.85 bits per heavy atom. The Hall–Kier alpha value is -2.54. The third-order valence-corrected chi connectivity index (χ3v) is 5.67. The topological polar surface area (TPSA) is 63.9 Å². The van der Waals surface area contributed by atoms with Crippen LogP contribution < -0.4 is 0 Å². The number of hydrogen-bond acceptors (Lipinski definition) is 4. The Bertz CT molecular complexity index is 1040. The number of rotatable bonds is 3. The zero-order chi connectivity index (χ0) is 17.8. The third kappa shape index (κ3) is 2.38. The molecule has 2 aliphatic rings. The van der Waals surface area contributed by atoms with Gasteiger partial charge in [0.15, 0.2) is 0 Å². The van der Waals surface area contributed by atoms with Gasteiger partial charge in [-0.05, 0) is 65.5 Å². The van der Waals surface area contributed by atoms with Crippen molar-refractivity contribution in [2.45, 2.75) is 32.4 Å². The van der Waals surface area contributed by atoms with Crippen LogP contribution in [-0.2, 0) is 6.54 Å². The number of carbonyl (C=O) groups excluding carboxylic acids is 1. The molecule has 130 valence electrons. The predicted octanol–water partition coefficient (Wildman–Crippen LogP) is 3.52. The maximum atomic E-state index is 12.5. The number of aromatic nitrogens is 4. The van der Waals surface area contributed by atoms with Gasteiger partial charge in [0, 0.05) is 29.9 Å². The van der Waals surface area contributed by atoms with Crippen LogP contribution in [0.3, 0.4) is 0 Å². The fraction of sp³-hybridized carbons (Fsp3) is 0.263. The monoisotopic (exact) mass is 409 g/mol. The highest BCUT2D eigenvalue weighted by atomic mass is 79.9. The number of pyridine rings is 1. The van der Waals surface area contributed by atoms with E-state index in [0.29, 0.717) is 12.6 Å². The molecular formula is C19H16BrN5O. The second-order valence-electron chi connectivity index (χ2n) is 6.78. The standard InChI is InChI=1S/C19H16BrN5O/c1-11-17(22-23-25(11)16-3-2-8-21-18(16)20)12-4-7-15-13(9-12)10-24(19(15)26)14-5-6-14/h2-4,7-9,14H,5-6,10H2,1H3. The first-order valence-corrected chi connectivity index (χ1v) is 9.40. The third-order valence-electron chi connectivity index (χ3n) is 5.06. The maximum absolute atomic E-state index is 12.5. The summed E-state index contributed by atoms with van der Waals surface area (Å²) in [4.78, 5) is 18.7. The SMILES string of the molecule is Cc1c(-c2ccc3c(c2)CN(C2CC2)C3=O)nnn1-c1cccnc1Br. The average molecular weight is 410 g/mol. The van der Waals surface area contributed by atoms with Crippen molar-refractivity contribution in [2.24, 2.45) is 0 Å². The van der Waals surface area contributed by atoms with Gasteiger partial charge in [0.05, 0.1) is 11.4 Å². The molecule has 0 radical (unpaired) electrons. The van der Waals surface area contributed by atoms with E-state index in [1.54, 1.807) is 10.9 Å². The highest BCUT2D eigenvalue weighted by Crippen LogP contribution is 2.36. The van der Waals surface area contributed by atoms with E-state index in [2.05, 4.69) is 37.3 Å². The highest BCUT2D eigenvalue weighted by molar-refractivity contribution is 9.10. The molecule has 5 rings (SSSR count). The summed E-state index contributed by atoms with van der Waals surface area (Å²) in [5, 5.41) is 8.68. The van der Waals surface area contributed by atoms with Crippen molar-refractivity contribution in [3.8, 4) is 16.9 Å². The van der Waals surface area contributed by atoms with Crippen LogP contribution in [0.2, 0.25) is 0 Å². The van der Waals surface area contributed by atoms with Gasteiger partial charge in [-0.25, -0.2) is 9.67 Å². The molecule has 7 heteroatoms. The van der Waals surface area contributed by atoms with Crippen LogP contribution in [0.15, 0.2) is 41.1 Å². The smallest absolute Gasteiger partial charge is 0.254 e. The first-order valence-electron chi connectivity index (χ1n) is 8.61. The molecular weight excluding hydrogens is 394 g/mol. The van der Waals surface area contributed by atoms with Crippen molar-refractivity contribution >= 4 is 21.8 Å². The van der Waals surface area contributed by atoms with E-state index in [0.717, 1.165) is 51.2 Å². The van der Waals surface area contributed by atoms with Crippen molar-refractivity contribution in [3.63, 3.8) is 0 Å². The van der Waals surface area contributed by atoms with E-state index >= 15 is 0 Å². The van der Waals surface area contributed by atoms with Crippen molar-refractivity contribution in [1.29, 1.82) is 0 Å². The molecule has 0 saturated heterocycles. The van der Waals surface area contributed by atoms with Crippen LogP contribution in [0.4, 0.5) is 0 Å². The second kappa shape index (κ2) is 5.74. The predicted molar refractivity (Wildman–Crippen MR) is 99.9 cm³/mol. The maximum Gasteiger partial charge on any atom is 0.254 e. The molecule has 1 fully saturated rings. The molecule has 1 aliphatic heterocycles. The molecule has 26 heavy (non-hydrogen) atoms. The summed E-state index contributed by atoms with van der Waals surface area (Å²) >= 11 is 3.46. The minimum atomic E-state index is 0.161. The summed E-state index contributed by atoms with van der Waals surface area (Å²) in [5.41, 5.74) is 5.48. The Morgan fingerprint density at radius 2 is 2.08 bits per heavy atom. The summed E-state index contributed by atoms with van der Waals surface area (Å²) in [5.74, 6) is 0.161. The molecule has 0 atom stereocenters. The molecule has 0 spiro atoms. The van der Waals surface area contributed by atoms with E-state index in [1.807, 2.05) is 36.1 Å². The number of fused-ring (bicyclic) bond motifs is 1. The van der Waals surface area contributed by atoms with Gasteiger partial charge in [-0.3, -0.25) is 4.79 Å². The molecule has 0 N–H and O–H groups in total. The highest BCUT2D eigenvalue weighted by Gasteiger charge is 2.38. The summed E-state index contributed by atoms with van der Waals surface area (Å²) in [6, 6.07) is 10.2. The number of benzene rings is 1. The summed E-state index contributed by atoms with van der Waals surface area (Å²) in [7, 11) is 0. The number of nitrogens with zero attached hydrogens (tertiary/aromatic N) is 5. The number of hydrogen-bond donors (Lipinski definition) is 0. The van der Waals surface area contributed by atoms with E-state index < -0.39 is 0 Å². The van der Waals surface area contributed by atoms with Crippen molar-refractivity contribution in [3.05, 3.63) is 58.0 Å². The van der Waals surface area contributed by atoms with E-state index in [9.17, 15) is 4.79 Å². The zero-order valence-corrected chi connectivity index (χ0v) is 15.8. The Balaban J connectivity index is 1.53. The fourth-order valence-corrected chi connectivity index (χ4v) is 3.95. The molecule has 0 bridgehead atoms. The lowest BCUT2D eigenvalue weighted by Crippen LogP contribution is -2.25. The van der Waals surface area contributed by atoms with Crippen LogP contribution in [0.5, 0.6) is 0 Å². The minimum Gasteiger partial charge on any atom is -0.331 e. The second-order valence-corrected chi connectivity index (χ2v) is 7.54. The van der Waals surface area contributed by atoms with Crippen LogP contribution >= 0.6 is 15.9 Å². The van der Waals surface area contributed by atoms with Crippen LogP contribution in [0.1, 0.15) is 34.5 Å². The quantitative estimate of drug-likeness (QED) is 0.620. The van der Waals surface area contributed by atoms with Crippen LogP contribution in [0.25, 0.3) is 16.9 Å². The van der Waals surface area contributed by atoms with Crippen molar-refractivity contribution < 1.29 is 4.79 Å². The van der Waals surface area contributed by atoms with Gasteiger partial charge < -0.3 is 4.90 Å². The van der Waals surface area contributed by atoms with Gasteiger partial charge in [0.2, 0.25) is 0 Å². The zero-order valence-electron chi connectivity index (χ0n) is 14.2. The Morgan fingerprint density at radius 1 is 1.23 bits per heavy atom. The van der Waals surface area contributed by atoms with Crippen molar-refractivity contribution in [1.82, 2.24) is 24.9 Å². The van der Waals surface area contributed by atoms with Gasteiger partial charge in [-0.2, -0.15) is 0 Å². The Labute approximate surface area is 159 Å². The van der Waals surface area contributed by atoms with Gasteiger partial charge in [0.1, 0.15) is 10.3 Å². The minimum absolute atomic E-state index is 0.161. The number of carbonyl (C=O) groups is 1. The van der Waals surface area contributed by atoms with Gasteiger partial charge in [0.25, 0.3) is 5.91 Å². The average Bonchev–Trinajstić information content (AvgIpc) is 3.34. The summed E-state index contributed by atoms with van der Waals surface area (Å²) < 4.78 is 2.50. The van der Waals surface area contributed by atoms with E-state index in [4.69, 9.17) is 0 Å². The summed E-state index contributed by atoms with van der Waals surface area (Å²) in [6.07, 6.45) is 3.98. The first-order chi connectivity index (χ1) is 12.6. The lowest BCUT2D eigenvalue weighted by molar-refractivity contribution is 0.0766. The fourth-order valence-electron chi connectivity index (χ4n) is 3.53. The molecule has 1 aliphatic carbocycles. The molecule has 6 nitrogen and oxygen atoms in total. The van der Waals surface area contributed by atoms with Crippen LogP contribution in [-0.4, -0.2) is 36.8 Å². The van der Waals surface area contributed by atoms with Gasteiger partial charge in [-0.15, -0.1) is 5.10 Å². The first kappa shape index (κ1) is 15.7. The van der Waals surface area contributed by atoms with Gasteiger partial charge in [-0.1, -0.05) is 11.3 Å². The molecule has 1 saturated carbocycles. The van der Waals surface area contributed by atoms with Crippen molar-refractivity contribution in [2.75, 3.05) is 0 Å². The molecule has 1 aromatic carbocycles. The van der Waals surface area contributed by atoms with E-state index in [1.165, 1.54) is 0 Å². The molecule has 1 amide bonds. The Kier molecular flexibility index (Phi) is 3.46. The number of halogens is 1. The molecule has 3 aromatic rings. The summed E-state index contributed by atoms with van der Waals surface area (Å²) in [6.45, 7) is 2.69. The lowest BCUT2D eigenvalue weighted by atomic mass is 10.0.